The molecule has 6 heteroatoms. The van der Waals surface area contributed by atoms with Gasteiger partial charge in [-0.05, 0) is 40.2 Å². The van der Waals surface area contributed by atoms with Gasteiger partial charge in [0.25, 0.3) is 0 Å². The van der Waals surface area contributed by atoms with Crippen molar-refractivity contribution in [2.24, 2.45) is 5.73 Å². The molecular formula is C15H13BrF2N2S. The second-order valence-corrected chi connectivity index (χ2v) is 5.89. The topological polar surface area (TPSA) is 29.3 Å². The molecule has 2 rings (SSSR count). The first-order valence-electron chi connectivity index (χ1n) is 6.13. The van der Waals surface area contributed by atoms with E-state index in [1.54, 1.807) is 30.1 Å². The number of nitrogens with two attached hydrogens (primary N) is 1. The van der Waals surface area contributed by atoms with Gasteiger partial charge >= 0.3 is 0 Å². The lowest BCUT2D eigenvalue weighted by Crippen LogP contribution is -2.19. The summed E-state index contributed by atoms with van der Waals surface area (Å²) in [5, 5.41) is 0. The summed E-state index contributed by atoms with van der Waals surface area (Å²) in [4.78, 5) is 2.01. The van der Waals surface area contributed by atoms with Crippen LogP contribution in [0.1, 0.15) is 11.1 Å². The third-order valence-electron chi connectivity index (χ3n) is 3.11. The van der Waals surface area contributed by atoms with E-state index < -0.39 is 11.6 Å². The summed E-state index contributed by atoms with van der Waals surface area (Å²) in [5.74, 6) is -1.17. The van der Waals surface area contributed by atoms with Crippen molar-refractivity contribution in [3.05, 3.63) is 63.6 Å². The van der Waals surface area contributed by atoms with Crippen LogP contribution in [0.5, 0.6) is 0 Å². The molecule has 21 heavy (non-hydrogen) atoms. The van der Waals surface area contributed by atoms with Crippen LogP contribution >= 0.6 is 28.1 Å². The van der Waals surface area contributed by atoms with Crippen molar-refractivity contribution in [1.29, 1.82) is 0 Å². The van der Waals surface area contributed by atoms with Crippen molar-refractivity contribution >= 4 is 38.8 Å². The molecule has 0 bridgehead atoms. The molecule has 0 saturated carbocycles. The van der Waals surface area contributed by atoms with Gasteiger partial charge in [0.15, 0.2) is 0 Å². The first kappa shape index (κ1) is 15.9. The molecule has 0 spiro atoms. The summed E-state index contributed by atoms with van der Waals surface area (Å²) in [7, 11) is 1.75. The number of thiocarbonyl (C=S) groups is 1. The van der Waals surface area contributed by atoms with E-state index in [0.717, 1.165) is 5.69 Å². The quantitative estimate of drug-likeness (QED) is 0.651. The maximum absolute atomic E-state index is 14.0. The van der Waals surface area contributed by atoms with Crippen LogP contribution in [0.4, 0.5) is 14.5 Å². The predicted octanol–water partition coefficient (Wildman–Crippen LogP) is 4.00. The van der Waals surface area contributed by atoms with E-state index >= 15 is 0 Å². The molecule has 0 aromatic heterocycles. The van der Waals surface area contributed by atoms with Crippen molar-refractivity contribution in [3.8, 4) is 0 Å². The van der Waals surface area contributed by atoms with Crippen LogP contribution < -0.4 is 10.6 Å². The fourth-order valence-corrected chi connectivity index (χ4v) is 2.44. The smallest absolute Gasteiger partial charge is 0.145 e. The maximum Gasteiger partial charge on any atom is 0.145 e. The number of nitrogens with zero attached hydrogens (tertiary/aromatic N) is 1. The second-order valence-electron chi connectivity index (χ2n) is 4.59. The highest BCUT2D eigenvalue weighted by Gasteiger charge is 2.15. The minimum Gasteiger partial charge on any atom is -0.389 e. The van der Waals surface area contributed by atoms with Gasteiger partial charge in [-0.2, -0.15) is 0 Å². The van der Waals surface area contributed by atoms with Gasteiger partial charge in [-0.25, -0.2) is 8.78 Å². The van der Waals surface area contributed by atoms with E-state index in [1.807, 2.05) is 6.07 Å². The van der Waals surface area contributed by atoms with E-state index in [9.17, 15) is 8.78 Å². The molecule has 0 aliphatic carbocycles. The number of hydrogen-bond donors (Lipinski definition) is 1. The molecular weight excluding hydrogens is 358 g/mol. The lowest BCUT2D eigenvalue weighted by molar-refractivity contribution is 0.549. The molecule has 0 unspecified atom stereocenters. The Bertz CT molecular complexity index is 691. The summed E-state index contributed by atoms with van der Waals surface area (Å²) in [6.45, 7) is 0.0951. The van der Waals surface area contributed by atoms with Gasteiger partial charge < -0.3 is 10.6 Å². The van der Waals surface area contributed by atoms with Crippen LogP contribution in [0.2, 0.25) is 0 Å². The van der Waals surface area contributed by atoms with Crippen LogP contribution in [-0.2, 0) is 6.54 Å². The molecule has 110 valence electrons. The molecule has 0 fully saturated rings. The largest absolute Gasteiger partial charge is 0.389 e. The molecule has 2 aromatic rings. The van der Waals surface area contributed by atoms with Gasteiger partial charge in [0.2, 0.25) is 0 Å². The Balaban J connectivity index is 2.30. The Morgan fingerprint density at radius 3 is 2.67 bits per heavy atom. The SMILES string of the molecule is CN(Cc1c(F)ccc(Br)c1F)c1cccc(C(N)=S)c1. The van der Waals surface area contributed by atoms with Gasteiger partial charge in [-0.15, -0.1) is 0 Å². The van der Waals surface area contributed by atoms with Crippen LogP contribution in [0, 0.1) is 11.6 Å². The Labute approximate surface area is 135 Å². The molecule has 0 aliphatic heterocycles. The zero-order chi connectivity index (χ0) is 15.6. The van der Waals surface area contributed by atoms with E-state index in [2.05, 4.69) is 15.9 Å². The summed E-state index contributed by atoms with van der Waals surface area (Å²) in [5.41, 5.74) is 7.09. The van der Waals surface area contributed by atoms with Crippen molar-refractivity contribution in [3.63, 3.8) is 0 Å². The fraction of sp³-hybridized carbons (Fsp3) is 0.133. The standard InChI is InChI=1S/C15H13BrF2N2S/c1-20(10-4-2-3-9(7-10)15(19)21)8-11-13(17)6-5-12(16)14(11)18/h2-7H,8H2,1H3,(H2,19,21). The number of rotatable bonds is 4. The molecule has 2 N–H and O–H groups in total. The van der Waals surface area contributed by atoms with Gasteiger partial charge in [-0.1, -0.05) is 24.4 Å². The van der Waals surface area contributed by atoms with E-state index in [1.165, 1.54) is 12.1 Å². The van der Waals surface area contributed by atoms with E-state index in [4.69, 9.17) is 18.0 Å². The zero-order valence-electron chi connectivity index (χ0n) is 11.2. The Morgan fingerprint density at radius 2 is 2.00 bits per heavy atom. The normalized spacial score (nSPS) is 10.5. The summed E-state index contributed by atoms with van der Waals surface area (Å²) < 4.78 is 28.0. The Hall–Kier alpha value is -1.53. The first-order chi connectivity index (χ1) is 9.90. The molecule has 0 amide bonds. The molecule has 0 heterocycles. The van der Waals surface area contributed by atoms with Crippen molar-refractivity contribution in [1.82, 2.24) is 0 Å². The first-order valence-corrected chi connectivity index (χ1v) is 7.33. The van der Waals surface area contributed by atoms with Gasteiger partial charge in [-0.3, -0.25) is 0 Å². The third-order valence-corrected chi connectivity index (χ3v) is 3.95. The van der Waals surface area contributed by atoms with Crippen molar-refractivity contribution < 1.29 is 8.78 Å². The summed E-state index contributed by atoms with van der Waals surface area (Å²) in [6, 6.07) is 9.79. The number of halogens is 3. The highest BCUT2D eigenvalue weighted by Crippen LogP contribution is 2.24. The number of benzene rings is 2. The molecule has 0 radical (unpaired) electrons. The average molecular weight is 371 g/mol. The fourth-order valence-electron chi connectivity index (χ4n) is 1.94. The highest BCUT2D eigenvalue weighted by molar-refractivity contribution is 9.10. The molecule has 2 nitrogen and oxygen atoms in total. The van der Waals surface area contributed by atoms with Gasteiger partial charge in [0, 0.05) is 30.4 Å². The van der Waals surface area contributed by atoms with Crippen LogP contribution in [-0.4, -0.2) is 12.0 Å². The minimum atomic E-state index is -0.590. The van der Waals surface area contributed by atoms with Crippen LogP contribution in [0.15, 0.2) is 40.9 Å². The molecule has 0 aliphatic rings. The van der Waals surface area contributed by atoms with Crippen molar-refractivity contribution in [2.45, 2.75) is 6.54 Å². The molecule has 2 aromatic carbocycles. The average Bonchev–Trinajstić information content (AvgIpc) is 2.47. The van der Waals surface area contributed by atoms with Crippen LogP contribution in [0.3, 0.4) is 0 Å². The highest BCUT2D eigenvalue weighted by atomic mass is 79.9. The summed E-state index contributed by atoms with van der Waals surface area (Å²) in [6.07, 6.45) is 0. The Morgan fingerprint density at radius 1 is 1.29 bits per heavy atom. The zero-order valence-corrected chi connectivity index (χ0v) is 13.6. The number of anilines is 1. The second kappa shape index (κ2) is 6.49. The monoisotopic (exact) mass is 370 g/mol. The molecule has 0 atom stereocenters. The third kappa shape index (κ3) is 3.57. The van der Waals surface area contributed by atoms with Crippen molar-refractivity contribution in [2.75, 3.05) is 11.9 Å². The van der Waals surface area contributed by atoms with E-state index in [0.29, 0.717) is 5.56 Å². The predicted molar refractivity (Wildman–Crippen MR) is 88.5 cm³/mol. The van der Waals surface area contributed by atoms with E-state index in [-0.39, 0.29) is 21.6 Å². The maximum atomic E-state index is 14.0. The Kier molecular flexibility index (Phi) is 4.90. The minimum absolute atomic E-state index is 0.00704. The lowest BCUT2D eigenvalue weighted by atomic mass is 10.1. The van der Waals surface area contributed by atoms with Crippen LogP contribution in [0.25, 0.3) is 0 Å². The number of hydrogen-bond acceptors (Lipinski definition) is 2. The lowest BCUT2D eigenvalue weighted by Gasteiger charge is -2.21. The molecule has 0 saturated heterocycles. The summed E-state index contributed by atoms with van der Waals surface area (Å²) >= 11 is 7.99. The van der Waals surface area contributed by atoms with Gasteiger partial charge in [0.1, 0.15) is 16.6 Å². The van der Waals surface area contributed by atoms with Gasteiger partial charge in [0.05, 0.1) is 4.47 Å².